The lowest BCUT2D eigenvalue weighted by Gasteiger charge is -2.05. The van der Waals surface area contributed by atoms with Gasteiger partial charge in [0.1, 0.15) is 5.52 Å². The van der Waals surface area contributed by atoms with Gasteiger partial charge < -0.3 is 9.73 Å². The molecule has 2 heterocycles. The molecule has 1 aromatic carbocycles. The van der Waals surface area contributed by atoms with Crippen molar-refractivity contribution in [2.24, 2.45) is 0 Å². The summed E-state index contributed by atoms with van der Waals surface area (Å²) in [5, 5.41) is 7.24. The van der Waals surface area contributed by atoms with E-state index in [0.717, 1.165) is 5.52 Å². The minimum absolute atomic E-state index is 0.101. The van der Waals surface area contributed by atoms with E-state index in [-0.39, 0.29) is 17.2 Å². The zero-order chi connectivity index (χ0) is 16.8. The van der Waals surface area contributed by atoms with Gasteiger partial charge in [-0.3, -0.25) is 9.59 Å². The Morgan fingerprint density at radius 1 is 1.25 bits per heavy atom. The molecule has 0 radical (unpaired) electrons. The molecule has 1 amide bonds. The normalized spacial score (nSPS) is 10.8. The van der Waals surface area contributed by atoms with E-state index in [4.69, 9.17) is 4.42 Å². The highest BCUT2D eigenvalue weighted by molar-refractivity contribution is 7.99. The predicted octanol–water partition coefficient (Wildman–Crippen LogP) is 1.68. The summed E-state index contributed by atoms with van der Waals surface area (Å²) >= 11 is 1.25. The van der Waals surface area contributed by atoms with Crippen molar-refractivity contribution in [1.29, 1.82) is 0 Å². The second-order valence-electron chi connectivity index (χ2n) is 5.02. The number of nitrogens with one attached hydrogen (secondary N) is 1. The lowest BCUT2D eigenvalue weighted by Crippen LogP contribution is -2.28. The lowest BCUT2D eigenvalue weighted by molar-refractivity contribution is -0.118. The number of hydrogen-bond acceptors (Lipinski definition) is 6. The van der Waals surface area contributed by atoms with E-state index in [9.17, 15) is 9.59 Å². The van der Waals surface area contributed by atoms with Crippen LogP contribution in [0.2, 0.25) is 0 Å². The summed E-state index contributed by atoms with van der Waals surface area (Å²) < 4.78 is 6.91. The van der Waals surface area contributed by atoms with E-state index in [0.29, 0.717) is 30.3 Å². The van der Waals surface area contributed by atoms with E-state index < -0.39 is 0 Å². The summed E-state index contributed by atoms with van der Waals surface area (Å²) in [6, 6.07) is 10.5. The molecule has 3 aromatic rings. The maximum Gasteiger partial charge on any atom is 0.266 e. The Morgan fingerprint density at radius 3 is 2.96 bits per heavy atom. The molecule has 1 N–H and O–H groups in total. The molecule has 0 aliphatic heterocycles. The van der Waals surface area contributed by atoms with E-state index >= 15 is 0 Å². The second kappa shape index (κ2) is 7.78. The predicted molar refractivity (Wildman–Crippen MR) is 90.9 cm³/mol. The Hall–Kier alpha value is -2.61. The number of carbonyl (C=O) groups excluding carboxylic acids is 1. The number of para-hydroxylation sites is 2. The zero-order valence-corrected chi connectivity index (χ0v) is 13.7. The third kappa shape index (κ3) is 4.23. The van der Waals surface area contributed by atoms with Gasteiger partial charge in [0.05, 0.1) is 5.75 Å². The second-order valence-corrected chi connectivity index (χ2v) is 5.95. The molecule has 124 valence electrons. The Morgan fingerprint density at radius 2 is 2.12 bits per heavy atom. The molecule has 8 heteroatoms. The summed E-state index contributed by atoms with van der Waals surface area (Å²) in [5.74, 6) is 0.131. The van der Waals surface area contributed by atoms with Crippen LogP contribution in [0.3, 0.4) is 0 Å². The van der Waals surface area contributed by atoms with Crippen molar-refractivity contribution in [3.05, 3.63) is 52.9 Å². The van der Waals surface area contributed by atoms with Crippen LogP contribution >= 0.6 is 11.8 Å². The molecule has 0 atom stereocenters. The average Bonchev–Trinajstić information content (AvgIpc) is 3.01. The Labute approximate surface area is 142 Å². The van der Waals surface area contributed by atoms with Crippen LogP contribution in [-0.4, -0.2) is 33.0 Å². The van der Waals surface area contributed by atoms with Gasteiger partial charge in [0.25, 0.3) is 10.8 Å². The van der Waals surface area contributed by atoms with Crippen molar-refractivity contribution in [2.75, 3.05) is 12.3 Å². The Kier molecular flexibility index (Phi) is 5.27. The Bertz CT molecular complexity index is 857. The van der Waals surface area contributed by atoms with Gasteiger partial charge in [-0.25, -0.2) is 9.67 Å². The molecule has 0 saturated carbocycles. The molecule has 0 aliphatic carbocycles. The fourth-order valence-electron chi connectivity index (χ4n) is 2.10. The van der Waals surface area contributed by atoms with Crippen LogP contribution in [0.25, 0.3) is 11.1 Å². The van der Waals surface area contributed by atoms with Crippen molar-refractivity contribution in [1.82, 2.24) is 20.1 Å². The van der Waals surface area contributed by atoms with Gasteiger partial charge in [-0.05, 0) is 24.6 Å². The largest absolute Gasteiger partial charge is 0.431 e. The number of thioether (sulfide) groups is 1. The first-order valence-electron chi connectivity index (χ1n) is 7.49. The number of benzene rings is 1. The number of hydrogen-bond donors (Lipinski definition) is 1. The van der Waals surface area contributed by atoms with Crippen molar-refractivity contribution >= 4 is 28.8 Å². The minimum atomic E-state index is -0.143. The molecule has 0 spiro atoms. The Balaban J connectivity index is 1.40. The fourth-order valence-corrected chi connectivity index (χ4v) is 2.77. The van der Waals surface area contributed by atoms with Crippen LogP contribution in [0.5, 0.6) is 0 Å². The number of fused-ring (bicyclic) bond motifs is 1. The highest BCUT2D eigenvalue weighted by atomic mass is 32.2. The third-order valence-electron chi connectivity index (χ3n) is 3.26. The third-order valence-corrected chi connectivity index (χ3v) is 4.08. The molecule has 0 saturated heterocycles. The molecular formula is C16H16N4O3S. The van der Waals surface area contributed by atoms with E-state index in [1.165, 1.54) is 22.5 Å². The average molecular weight is 344 g/mol. The van der Waals surface area contributed by atoms with Gasteiger partial charge in [0.2, 0.25) is 5.91 Å². The number of carbonyl (C=O) groups is 1. The molecule has 2 aromatic heterocycles. The number of aryl methyl sites for hydroxylation is 1. The summed E-state index contributed by atoms with van der Waals surface area (Å²) in [4.78, 5) is 27.6. The molecule has 0 fully saturated rings. The maximum atomic E-state index is 11.8. The van der Waals surface area contributed by atoms with Crippen molar-refractivity contribution in [3.63, 3.8) is 0 Å². The minimum Gasteiger partial charge on any atom is -0.431 e. The molecule has 0 aliphatic rings. The molecule has 0 unspecified atom stereocenters. The maximum absolute atomic E-state index is 11.8. The van der Waals surface area contributed by atoms with Crippen molar-refractivity contribution < 1.29 is 9.21 Å². The van der Waals surface area contributed by atoms with Crippen LogP contribution in [0.4, 0.5) is 0 Å². The quantitative estimate of drug-likeness (QED) is 0.518. The molecule has 3 rings (SSSR count). The van der Waals surface area contributed by atoms with Crippen LogP contribution in [0.1, 0.15) is 6.42 Å². The monoisotopic (exact) mass is 344 g/mol. The highest BCUT2D eigenvalue weighted by Crippen LogP contribution is 2.22. The number of rotatable bonds is 7. The van der Waals surface area contributed by atoms with Gasteiger partial charge in [0.15, 0.2) is 5.58 Å². The SMILES string of the molecule is O=C(CSc1nc2ccccc2o1)NCCCn1ncccc1=O. The van der Waals surface area contributed by atoms with E-state index in [1.807, 2.05) is 24.3 Å². The molecule has 7 nitrogen and oxygen atoms in total. The molecule has 0 bridgehead atoms. The van der Waals surface area contributed by atoms with Crippen LogP contribution in [0.15, 0.2) is 57.0 Å². The van der Waals surface area contributed by atoms with Gasteiger partial charge in [-0.15, -0.1) is 0 Å². The first kappa shape index (κ1) is 16.3. The van der Waals surface area contributed by atoms with Crippen LogP contribution < -0.4 is 10.9 Å². The van der Waals surface area contributed by atoms with Crippen LogP contribution in [0, 0.1) is 0 Å². The topological polar surface area (TPSA) is 90.0 Å². The lowest BCUT2D eigenvalue weighted by atomic mass is 10.3. The standard InChI is InChI=1S/C16H16N4O3S/c21-14(17-8-4-10-20-15(22)7-3-9-18-20)11-24-16-19-12-5-1-2-6-13(12)23-16/h1-3,5-7,9H,4,8,10-11H2,(H,17,21). The number of amides is 1. The van der Waals surface area contributed by atoms with Gasteiger partial charge in [-0.2, -0.15) is 5.10 Å². The summed E-state index contributed by atoms with van der Waals surface area (Å²) in [5.41, 5.74) is 1.35. The zero-order valence-electron chi connectivity index (χ0n) is 12.8. The highest BCUT2D eigenvalue weighted by Gasteiger charge is 2.08. The van der Waals surface area contributed by atoms with E-state index in [2.05, 4.69) is 15.4 Å². The van der Waals surface area contributed by atoms with Crippen molar-refractivity contribution in [3.8, 4) is 0 Å². The smallest absolute Gasteiger partial charge is 0.266 e. The summed E-state index contributed by atoms with van der Waals surface area (Å²) in [6.45, 7) is 0.953. The number of oxazole rings is 1. The summed E-state index contributed by atoms with van der Waals surface area (Å²) in [7, 11) is 0. The van der Waals surface area contributed by atoms with Gasteiger partial charge >= 0.3 is 0 Å². The summed E-state index contributed by atoms with van der Waals surface area (Å²) in [6.07, 6.45) is 2.20. The first-order valence-corrected chi connectivity index (χ1v) is 8.48. The first-order chi connectivity index (χ1) is 11.7. The van der Waals surface area contributed by atoms with Crippen LogP contribution in [-0.2, 0) is 11.3 Å². The van der Waals surface area contributed by atoms with E-state index in [1.54, 1.807) is 12.3 Å². The van der Waals surface area contributed by atoms with Gasteiger partial charge in [-0.1, -0.05) is 23.9 Å². The molecule has 24 heavy (non-hydrogen) atoms. The number of aromatic nitrogens is 3. The molecular weight excluding hydrogens is 328 g/mol. The number of nitrogens with zero attached hydrogens (tertiary/aromatic N) is 3. The van der Waals surface area contributed by atoms with Gasteiger partial charge in [0, 0.05) is 25.4 Å². The fraction of sp³-hybridized carbons (Fsp3) is 0.250. The van der Waals surface area contributed by atoms with Crippen molar-refractivity contribution in [2.45, 2.75) is 18.2 Å².